The average molecular weight is 310 g/mol. The number of benzene rings is 1. The summed E-state index contributed by atoms with van der Waals surface area (Å²) in [7, 11) is 2.22. The molecule has 0 bridgehead atoms. The summed E-state index contributed by atoms with van der Waals surface area (Å²) in [6.07, 6.45) is 2.38. The van der Waals surface area contributed by atoms with Gasteiger partial charge < -0.3 is 15.1 Å². The lowest BCUT2D eigenvalue weighted by molar-refractivity contribution is 0.261. The highest BCUT2D eigenvalue weighted by Crippen LogP contribution is 2.25. The molecule has 1 atom stereocenters. The largest absolute Gasteiger partial charge is 0.310 e. The van der Waals surface area contributed by atoms with Crippen LogP contribution in [0.5, 0.6) is 0 Å². The molecule has 2 rings (SSSR count). The van der Waals surface area contributed by atoms with E-state index in [-0.39, 0.29) is 0 Å². The van der Waals surface area contributed by atoms with Crippen LogP contribution in [0.3, 0.4) is 0 Å². The fourth-order valence-corrected chi connectivity index (χ4v) is 3.27. The summed E-state index contributed by atoms with van der Waals surface area (Å²) in [6, 6.07) is 8.56. The van der Waals surface area contributed by atoms with Gasteiger partial charge in [-0.1, -0.05) is 36.7 Å². The van der Waals surface area contributed by atoms with Gasteiger partial charge in [0.2, 0.25) is 0 Å². The first-order valence-corrected chi connectivity index (χ1v) is 8.47. The Morgan fingerprint density at radius 3 is 2.76 bits per heavy atom. The Balaban J connectivity index is 1.92. The third kappa shape index (κ3) is 5.26. The molecule has 1 aliphatic rings. The van der Waals surface area contributed by atoms with Gasteiger partial charge in [0.15, 0.2) is 0 Å². The summed E-state index contributed by atoms with van der Waals surface area (Å²) in [4.78, 5) is 5.01. The van der Waals surface area contributed by atoms with E-state index in [1.165, 1.54) is 38.2 Å². The lowest BCUT2D eigenvalue weighted by Gasteiger charge is -2.25. The number of rotatable bonds is 6. The predicted octanol–water partition coefficient (Wildman–Crippen LogP) is 3.02. The smallest absolute Gasteiger partial charge is 0.0453 e. The minimum absolute atomic E-state index is 0.352. The average Bonchev–Trinajstić information content (AvgIpc) is 2.69. The minimum atomic E-state index is 0.352. The SMILES string of the molecule is CCNC(CCN1CCCN(C)CC1)c1ccccc1Cl. The summed E-state index contributed by atoms with van der Waals surface area (Å²) in [5.74, 6) is 0. The van der Waals surface area contributed by atoms with Crippen molar-refractivity contribution in [2.45, 2.75) is 25.8 Å². The van der Waals surface area contributed by atoms with E-state index in [4.69, 9.17) is 11.6 Å². The molecule has 1 heterocycles. The second kappa shape index (κ2) is 8.74. The lowest BCUT2D eigenvalue weighted by Crippen LogP contribution is -2.32. The second-order valence-corrected chi connectivity index (χ2v) is 6.33. The van der Waals surface area contributed by atoms with Crippen molar-refractivity contribution in [3.63, 3.8) is 0 Å². The van der Waals surface area contributed by atoms with Gasteiger partial charge in [0.1, 0.15) is 0 Å². The molecule has 1 fully saturated rings. The number of hydrogen-bond acceptors (Lipinski definition) is 3. The van der Waals surface area contributed by atoms with Gasteiger partial charge >= 0.3 is 0 Å². The Morgan fingerprint density at radius 2 is 2.00 bits per heavy atom. The molecule has 1 N–H and O–H groups in total. The van der Waals surface area contributed by atoms with E-state index < -0.39 is 0 Å². The predicted molar refractivity (Wildman–Crippen MR) is 91.0 cm³/mol. The number of hydrogen-bond donors (Lipinski definition) is 1. The molecule has 21 heavy (non-hydrogen) atoms. The van der Waals surface area contributed by atoms with Crippen LogP contribution in [0.25, 0.3) is 0 Å². The fraction of sp³-hybridized carbons (Fsp3) is 0.647. The van der Waals surface area contributed by atoms with E-state index in [0.717, 1.165) is 24.5 Å². The van der Waals surface area contributed by atoms with E-state index in [9.17, 15) is 0 Å². The summed E-state index contributed by atoms with van der Waals surface area (Å²) in [5.41, 5.74) is 1.23. The summed E-state index contributed by atoms with van der Waals surface area (Å²) >= 11 is 6.36. The first-order chi connectivity index (χ1) is 10.2. The van der Waals surface area contributed by atoms with E-state index in [0.29, 0.717) is 6.04 Å². The molecule has 1 aromatic rings. The van der Waals surface area contributed by atoms with Gasteiger partial charge in [0.05, 0.1) is 0 Å². The number of likely N-dealkylation sites (N-methyl/N-ethyl adjacent to an activating group) is 1. The van der Waals surface area contributed by atoms with Crippen molar-refractivity contribution in [3.05, 3.63) is 34.9 Å². The number of nitrogens with zero attached hydrogens (tertiary/aromatic N) is 2. The highest BCUT2D eigenvalue weighted by atomic mass is 35.5. The molecule has 0 saturated carbocycles. The molecule has 0 amide bonds. The summed E-state index contributed by atoms with van der Waals surface area (Å²) in [6.45, 7) is 9.05. The Bertz CT molecular complexity index is 424. The number of nitrogens with one attached hydrogen (secondary N) is 1. The van der Waals surface area contributed by atoms with Crippen molar-refractivity contribution >= 4 is 11.6 Å². The van der Waals surface area contributed by atoms with Crippen LogP contribution in [0.1, 0.15) is 31.4 Å². The van der Waals surface area contributed by atoms with Gasteiger partial charge in [0.25, 0.3) is 0 Å². The molecule has 3 nitrogen and oxygen atoms in total. The molecule has 1 saturated heterocycles. The Labute approximate surface area is 134 Å². The monoisotopic (exact) mass is 309 g/mol. The molecule has 1 aliphatic heterocycles. The molecular formula is C17H28ClN3. The van der Waals surface area contributed by atoms with E-state index in [1.54, 1.807) is 0 Å². The van der Waals surface area contributed by atoms with Crippen molar-refractivity contribution in [1.82, 2.24) is 15.1 Å². The maximum atomic E-state index is 6.36. The zero-order valence-corrected chi connectivity index (χ0v) is 14.1. The third-order valence-corrected chi connectivity index (χ3v) is 4.62. The van der Waals surface area contributed by atoms with Crippen LogP contribution in [0, 0.1) is 0 Å². The van der Waals surface area contributed by atoms with Crippen molar-refractivity contribution in [2.24, 2.45) is 0 Å². The fourth-order valence-electron chi connectivity index (χ4n) is 3.01. The van der Waals surface area contributed by atoms with Crippen molar-refractivity contribution in [2.75, 3.05) is 46.3 Å². The van der Waals surface area contributed by atoms with E-state index in [1.807, 2.05) is 12.1 Å². The molecule has 0 aliphatic carbocycles. The van der Waals surface area contributed by atoms with Crippen molar-refractivity contribution in [3.8, 4) is 0 Å². The Hall–Kier alpha value is -0.610. The zero-order valence-electron chi connectivity index (χ0n) is 13.3. The van der Waals surface area contributed by atoms with Crippen LogP contribution in [0.2, 0.25) is 5.02 Å². The normalized spacial score (nSPS) is 19.4. The molecule has 118 valence electrons. The van der Waals surface area contributed by atoms with Gasteiger partial charge in [-0.3, -0.25) is 0 Å². The van der Waals surface area contributed by atoms with Crippen LogP contribution in [-0.2, 0) is 0 Å². The maximum Gasteiger partial charge on any atom is 0.0453 e. The van der Waals surface area contributed by atoms with E-state index in [2.05, 4.69) is 41.2 Å². The van der Waals surface area contributed by atoms with Crippen LogP contribution in [0.4, 0.5) is 0 Å². The van der Waals surface area contributed by atoms with Crippen molar-refractivity contribution in [1.29, 1.82) is 0 Å². The topological polar surface area (TPSA) is 18.5 Å². The first kappa shape index (κ1) is 16.8. The van der Waals surface area contributed by atoms with Crippen LogP contribution >= 0.6 is 11.6 Å². The van der Waals surface area contributed by atoms with Gasteiger partial charge in [-0.2, -0.15) is 0 Å². The van der Waals surface area contributed by atoms with Gasteiger partial charge in [-0.15, -0.1) is 0 Å². The van der Waals surface area contributed by atoms with Gasteiger partial charge in [-0.05, 0) is 57.7 Å². The molecule has 0 spiro atoms. The molecule has 0 radical (unpaired) electrons. The number of halogens is 1. The summed E-state index contributed by atoms with van der Waals surface area (Å²) in [5, 5.41) is 4.46. The van der Waals surface area contributed by atoms with Crippen molar-refractivity contribution < 1.29 is 0 Å². The standard InChI is InChI=1S/C17H28ClN3/c1-3-19-17(15-7-4-5-8-16(15)18)9-12-21-11-6-10-20(2)13-14-21/h4-5,7-8,17,19H,3,6,9-14H2,1-2H3. The van der Waals surface area contributed by atoms with Crippen LogP contribution in [-0.4, -0.2) is 56.1 Å². The molecule has 4 heteroatoms. The van der Waals surface area contributed by atoms with Gasteiger partial charge in [0, 0.05) is 24.2 Å². The third-order valence-electron chi connectivity index (χ3n) is 4.28. The highest BCUT2D eigenvalue weighted by molar-refractivity contribution is 6.31. The first-order valence-electron chi connectivity index (χ1n) is 8.09. The maximum absolute atomic E-state index is 6.36. The van der Waals surface area contributed by atoms with Crippen LogP contribution < -0.4 is 5.32 Å². The minimum Gasteiger partial charge on any atom is -0.310 e. The van der Waals surface area contributed by atoms with E-state index >= 15 is 0 Å². The zero-order chi connectivity index (χ0) is 15.1. The molecule has 1 unspecified atom stereocenters. The molecule has 1 aromatic carbocycles. The molecular weight excluding hydrogens is 282 g/mol. The lowest BCUT2D eigenvalue weighted by atomic mass is 10.0. The quantitative estimate of drug-likeness (QED) is 0.871. The summed E-state index contributed by atoms with van der Waals surface area (Å²) < 4.78 is 0. The highest BCUT2D eigenvalue weighted by Gasteiger charge is 2.17. The Morgan fingerprint density at radius 1 is 1.19 bits per heavy atom. The second-order valence-electron chi connectivity index (χ2n) is 5.92. The Kier molecular flexibility index (Phi) is 6.97. The van der Waals surface area contributed by atoms with Gasteiger partial charge in [-0.25, -0.2) is 0 Å². The van der Waals surface area contributed by atoms with Crippen LogP contribution in [0.15, 0.2) is 24.3 Å². The molecule has 0 aromatic heterocycles.